The van der Waals surface area contributed by atoms with Crippen molar-refractivity contribution in [3.8, 4) is 16.9 Å². The fraction of sp³-hybridized carbons (Fsp3) is 0.0769. The average Bonchev–Trinajstić information content (AvgIpc) is 2.32. The predicted octanol–water partition coefficient (Wildman–Crippen LogP) is 4.19. The molecule has 0 aromatic heterocycles. The second kappa shape index (κ2) is 5.23. The van der Waals surface area contributed by atoms with Crippen molar-refractivity contribution in [1.82, 2.24) is 0 Å². The van der Waals surface area contributed by atoms with Crippen LogP contribution >= 0.6 is 11.6 Å². The number of halogens is 3. The van der Waals surface area contributed by atoms with Crippen molar-refractivity contribution in [1.29, 1.82) is 0 Å². The molecule has 2 rings (SSSR count). The zero-order valence-electron chi connectivity index (χ0n) is 9.24. The van der Waals surface area contributed by atoms with E-state index in [2.05, 4.69) is 4.74 Å². The van der Waals surface area contributed by atoms with E-state index in [9.17, 15) is 8.78 Å². The van der Waals surface area contributed by atoms with Crippen molar-refractivity contribution < 1.29 is 13.5 Å². The van der Waals surface area contributed by atoms with Crippen LogP contribution in [0.5, 0.6) is 5.75 Å². The lowest BCUT2D eigenvalue weighted by molar-refractivity contribution is -0.0493. The molecule has 0 bridgehead atoms. The van der Waals surface area contributed by atoms with Crippen LogP contribution in [-0.4, -0.2) is 6.61 Å². The molecule has 5 heteroatoms. The zero-order valence-corrected chi connectivity index (χ0v) is 9.99. The molecule has 0 amide bonds. The van der Waals surface area contributed by atoms with Crippen molar-refractivity contribution in [2.24, 2.45) is 0 Å². The van der Waals surface area contributed by atoms with Gasteiger partial charge in [-0.15, -0.1) is 0 Å². The minimum Gasteiger partial charge on any atom is -0.433 e. The van der Waals surface area contributed by atoms with Gasteiger partial charge in [0.05, 0.1) is 5.69 Å². The van der Waals surface area contributed by atoms with E-state index in [4.69, 9.17) is 17.3 Å². The van der Waals surface area contributed by atoms with Crippen LogP contribution in [0.2, 0.25) is 5.02 Å². The number of ether oxygens (including phenoxy) is 1. The van der Waals surface area contributed by atoms with Gasteiger partial charge in [-0.3, -0.25) is 0 Å². The summed E-state index contributed by atoms with van der Waals surface area (Å²) in [4.78, 5) is 0. The highest BCUT2D eigenvalue weighted by molar-refractivity contribution is 6.30. The molecule has 0 radical (unpaired) electrons. The van der Waals surface area contributed by atoms with Gasteiger partial charge in [0.2, 0.25) is 0 Å². The van der Waals surface area contributed by atoms with E-state index >= 15 is 0 Å². The third-order valence-corrected chi connectivity index (χ3v) is 2.66. The second-order valence-electron chi connectivity index (χ2n) is 3.64. The van der Waals surface area contributed by atoms with Gasteiger partial charge in [0.1, 0.15) is 5.75 Å². The standard InChI is InChI=1S/C13H10ClF2NO/c14-10-4-1-8(2-5-10)9-3-6-12(11(17)7-9)18-13(15)16/h1-7,13H,17H2. The van der Waals surface area contributed by atoms with Gasteiger partial charge in [0.15, 0.2) is 0 Å². The molecule has 0 spiro atoms. The highest BCUT2D eigenvalue weighted by Crippen LogP contribution is 2.30. The fourth-order valence-electron chi connectivity index (χ4n) is 1.57. The van der Waals surface area contributed by atoms with Crippen LogP contribution in [0.4, 0.5) is 14.5 Å². The Balaban J connectivity index is 2.31. The Morgan fingerprint density at radius 3 is 2.17 bits per heavy atom. The van der Waals surface area contributed by atoms with Gasteiger partial charge in [0.25, 0.3) is 0 Å². The van der Waals surface area contributed by atoms with Crippen LogP contribution in [0.25, 0.3) is 11.1 Å². The molecule has 0 aliphatic rings. The summed E-state index contributed by atoms with van der Waals surface area (Å²) in [6.45, 7) is -2.88. The van der Waals surface area contributed by atoms with Crippen molar-refractivity contribution in [3.63, 3.8) is 0 Å². The highest BCUT2D eigenvalue weighted by Gasteiger charge is 2.08. The van der Waals surface area contributed by atoms with Gasteiger partial charge >= 0.3 is 6.61 Å². The number of hydrogen-bond acceptors (Lipinski definition) is 2. The summed E-state index contributed by atoms with van der Waals surface area (Å²) in [5, 5.41) is 0.629. The molecule has 2 aromatic carbocycles. The lowest BCUT2D eigenvalue weighted by Gasteiger charge is -2.09. The molecule has 94 valence electrons. The Morgan fingerprint density at radius 1 is 1.00 bits per heavy atom. The number of nitrogens with two attached hydrogens (primary N) is 1. The van der Waals surface area contributed by atoms with Crippen molar-refractivity contribution in [2.45, 2.75) is 6.61 Å². The van der Waals surface area contributed by atoms with E-state index in [1.165, 1.54) is 6.07 Å². The fourth-order valence-corrected chi connectivity index (χ4v) is 1.70. The Kier molecular flexibility index (Phi) is 3.67. The normalized spacial score (nSPS) is 10.7. The molecule has 0 unspecified atom stereocenters. The van der Waals surface area contributed by atoms with Gasteiger partial charge in [0, 0.05) is 5.02 Å². The molecular formula is C13H10ClF2NO. The van der Waals surface area contributed by atoms with Crippen LogP contribution in [-0.2, 0) is 0 Å². The summed E-state index contributed by atoms with van der Waals surface area (Å²) in [6.07, 6.45) is 0. The lowest BCUT2D eigenvalue weighted by Crippen LogP contribution is -2.04. The van der Waals surface area contributed by atoms with E-state index in [0.29, 0.717) is 5.02 Å². The molecule has 0 heterocycles. The first-order chi connectivity index (χ1) is 8.56. The van der Waals surface area contributed by atoms with E-state index in [-0.39, 0.29) is 11.4 Å². The Morgan fingerprint density at radius 2 is 1.61 bits per heavy atom. The minimum absolute atomic E-state index is 0.0253. The molecule has 0 atom stereocenters. The lowest BCUT2D eigenvalue weighted by atomic mass is 10.1. The van der Waals surface area contributed by atoms with Crippen LogP contribution < -0.4 is 10.5 Å². The van der Waals surface area contributed by atoms with Crippen molar-refractivity contribution >= 4 is 17.3 Å². The number of alkyl halides is 2. The minimum atomic E-state index is -2.88. The summed E-state index contributed by atoms with van der Waals surface area (Å²) in [7, 11) is 0. The molecule has 2 aromatic rings. The molecule has 0 saturated carbocycles. The van der Waals surface area contributed by atoms with Gasteiger partial charge in [-0.25, -0.2) is 0 Å². The second-order valence-corrected chi connectivity index (χ2v) is 4.07. The smallest absolute Gasteiger partial charge is 0.387 e. The van der Waals surface area contributed by atoms with E-state index < -0.39 is 6.61 Å². The first-order valence-corrected chi connectivity index (χ1v) is 5.54. The van der Waals surface area contributed by atoms with Gasteiger partial charge in [-0.1, -0.05) is 29.8 Å². The predicted molar refractivity (Wildman–Crippen MR) is 67.9 cm³/mol. The summed E-state index contributed by atoms with van der Waals surface area (Å²) < 4.78 is 28.4. The maximum Gasteiger partial charge on any atom is 0.387 e. The van der Waals surface area contributed by atoms with Gasteiger partial charge in [-0.05, 0) is 35.4 Å². The van der Waals surface area contributed by atoms with Gasteiger partial charge < -0.3 is 10.5 Å². The first-order valence-electron chi connectivity index (χ1n) is 5.16. The molecule has 18 heavy (non-hydrogen) atoms. The number of nitrogen functional groups attached to an aromatic ring is 1. The number of rotatable bonds is 3. The summed E-state index contributed by atoms with van der Waals surface area (Å²) in [5.74, 6) is -0.0253. The molecule has 2 N–H and O–H groups in total. The summed E-state index contributed by atoms with van der Waals surface area (Å²) in [6, 6.07) is 11.8. The molecule has 0 aliphatic carbocycles. The summed E-state index contributed by atoms with van der Waals surface area (Å²) >= 11 is 5.78. The maximum absolute atomic E-state index is 12.1. The van der Waals surface area contributed by atoms with Crippen LogP contribution in [0.3, 0.4) is 0 Å². The Labute approximate surface area is 108 Å². The van der Waals surface area contributed by atoms with Crippen LogP contribution in [0.1, 0.15) is 0 Å². The number of benzene rings is 2. The first kappa shape index (κ1) is 12.6. The number of hydrogen-bond donors (Lipinski definition) is 1. The Hall–Kier alpha value is -1.81. The zero-order chi connectivity index (χ0) is 13.1. The molecular weight excluding hydrogens is 260 g/mol. The molecule has 0 aliphatic heterocycles. The number of anilines is 1. The van der Waals surface area contributed by atoms with E-state index in [1.807, 2.05) is 12.1 Å². The van der Waals surface area contributed by atoms with Crippen molar-refractivity contribution in [2.75, 3.05) is 5.73 Å². The maximum atomic E-state index is 12.1. The van der Waals surface area contributed by atoms with E-state index in [1.54, 1.807) is 24.3 Å². The van der Waals surface area contributed by atoms with Crippen LogP contribution in [0.15, 0.2) is 42.5 Å². The van der Waals surface area contributed by atoms with E-state index in [0.717, 1.165) is 11.1 Å². The Bertz CT molecular complexity index is 543. The molecule has 0 saturated heterocycles. The largest absolute Gasteiger partial charge is 0.433 e. The molecule has 0 fully saturated rings. The molecule has 2 nitrogen and oxygen atoms in total. The van der Waals surface area contributed by atoms with Gasteiger partial charge in [-0.2, -0.15) is 8.78 Å². The van der Waals surface area contributed by atoms with Crippen molar-refractivity contribution in [3.05, 3.63) is 47.5 Å². The summed E-state index contributed by atoms with van der Waals surface area (Å²) in [5.41, 5.74) is 7.53. The topological polar surface area (TPSA) is 35.2 Å². The third kappa shape index (κ3) is 2.90. The quantitative estimate of drug-likeness (QED) is 0.848. The highest BCUT2D eigenvalue weighted by atomic mass is 35.5. The average molecular weight is 270 g/mol. The SMILES string of the molecule is Nc1cc(-c2ccc(Cl)cc2)ccc1OC(F)F. The third-order valence-electron chi connectivity index (χ3n) is 2.40. The van der Waals surface area contributed by atoms with Crippen LogP contribution in [0, 0.1) is 0 Å². The monoisotopic (exact) mass is 269 g/mol.